The van der Waals surface area contributed by atoms with Crippen molar-refractivity contribution in [2.24, 2.45) is 0 Å². The fraction of sp³-hybridized carbons (Fsp3) is 0.0588. The topological polar surface area (TPSA) is 102 Å². The van der Waals surface area contributed by atoms with Gasteiger partial charge in [0.1, 0.15) is 11.5 Å². The Kier molecular flexibility index (Phi) is 4.02. The molecule has 0 atom stereocenters. The maximum absolute atomic E-state index is 13.9. The van der Waals surface area contributed by atoms with Gasteiger partial charge in [-0.05, 0) is 23.8 Å². The number of aromatic nitrogens is 7. The van der Waals surface area contributed by atoms with Crippen LogP contribution in [-0.2, 0) is 6.42 Å². The molecule has 26 heavy (non-hydrogen) atoms. The minimum Gasteiger partial charge on any atom is -0.268 e. The largest absolute Gasteiger partial charge is 0.268 e. The van der Waals surface area contributed by atoms with Gasteiger partial charge in [0.25, 0.3) is 5.56 Å². The Morgan fingerprint density at radius 2 is 1.96 bits per heavy atom. The van der Waals surface area contributed by atoms with Crippen molar-refractivity contribution in [3.8, 4) is 17.2 Å². The maximum atomic E-state index is 13.9. The molecule has 0 saturated carbocycles. The molecule has 0 aliphatic heterocycles. The summed E-state index contributed by atoms with van der Waals surface area (Å²) in [6.45, 7) is 0. The van der Waals surface area contributed by atoms with E-state index in [4.69, 9.17) is 0 Å². The van der Waals surface area contributed by atoms with Gasteiger partial charge < -0.3 is 0 Å². The van der Waals surface area contributed by atoms with E-state index in [1.54, 1.807) is 30.3 Å². The van der Waals surface area contributed by atoms with Crippen molar-refractivity contribution in [1.29, 1.82) is 0 Å². The molecule has 3 aromatic heterocycles. The lowest BCUT2D eigenvalue weighted by atomic mass is 10.1. The van der Waals surface area contributed by atoms with Crippen LogP contribution in [0.1, 0.15) is 11.4 Å². The Morgan fingerprint density at radius 1 is 1.08 bits per heavy atom. The molecule has 1 N–H and O–H groups in total. The van der Waals surface area contributed by atoms with E-state index >= 15 is 0 Å². The molecule has 4 aromatic rings. The monoisotopic (exact) mass is 349 g/mol. The van der Waals surface area contributed by atoms with Gasteiger partial charge >= 0.3 is 0 Å². The van der Waals surface area contributed by atoms with E-state index in [-0.39, 0.29) is 17.8 Å². The molecule has 0 spiro atoms. The first-order valence-corrected chi connectivity index (χ1v) is 7.73. The predicted octanol–water partition coefficient (Wildman–Crippen LogP) is 1.54. The molecule has 9 heteroatoms. The normalized spacial score (nSPS) is 10.8. The molecule has 0 unspecified atom stereocenters. The Hall–Kier alpha value is -3.75. The van der Waals surface area contributed by atoms with Gasteiger partial charge in [0, 0.05) is 12.5 Å². The highest BCUT2D eigenvalue weighted by atomic mass is 19.1. The molecular formula is C17H12FN7O. The van der Waals surface area contributed by atoms with E-state index in [2.05, 4.69) is 30.5 Å². The number of hydrogen-bond donors (Lipinski definition) is 1. The minimum absolute atomic E-state index is 0.217. The van der Waals surface area contributed by atoms with Crippen molar-refractivity contribution in [2.75, 3.05) is 0 Å². The van der Waals surface area contributed by atoms with Crippen LogP contribution in [0.25, 0.3) is 17.2 Å². The van der Waals surface area contributed by atoms with E-state index in [1.165, 1.54) is 29.2 Å². The first kappa shape index (κ1) is 15.8. The van der Waals surface area contributed by atoms with Crippen LogP contribution >= 0.6 is 0 Å². The van der Waals surface area contributed by atoms with Crippen LogP contribution in [0.5, 0.6) is 0 Å². The third-order valence-electron chi connectivity index (χ3n) is 3.68. The van der Waals surface area contributed by atoms with Gasteiger partial charge in [-0.2, -0.15) is 20.4 Å². The molecule has 8 nitrogen and oxygen atoms in total. The van der Waals surface area contributed by atoms with E-state index in [0.29, 0.717) is 28.6 Å². The van der Waals surface area contributed by atoms with Gasteiger partial charge in [0.05, 0.1) is 18.1 Å². The summed E-state index contributed by atoms with van der Waals surface area (Å²) < 4.78 is 15.5. The SMILES string of the molecule is O=c1ccc(-c2nc(Cc3ccccc3F)nn2-c2ccnnc2)n[nH]1. The molecule has 0 saturated heterocycles. The Bertz CT molecular complexity index is 1090. The Morgan fingerprint density at radius 3 is 2.69 bits per heavy atom. The minimum atomic E-state index is -0.322. The summed E-state index contributed by atoms with van der Waals surface area (Å²) in [7, 11) is 0. The number of halogens is 1. The summed E-state index contributed by atoms with van der Waals surface area (Å²) in [5.41, 5.74) is 1.21. The molecule has 3 heterocycles. The van der Waals surface area contributed by atoms with Gasteiger partial charge in [-0.15, -0.1) is 0 Å². The third-order valence-corrected chi connectivity index (χ3v) is 3.68. The summed E-state index contributed by atoms with van der Waals surface area (Å²) >= 11 is 0. The zero-order chi connectivity index (χ0) is 17.9. The van der Waals surface area contributed by atoms with Crippen molar-refractivity contribution >= 4 is 0 Å². The molecule has 0 aliphatic rings. The number of nitrogens with one attached hydrogen (secondary N) is 1. The van der Waals surface area contributed by atoms with Crippen molar-refractivity contribution in [2.45, 2.75) is 6.42 Å². The fourth-order valence-corrected chi connectivity index (χ4v) is 2.47. The van der Waals surface area contributed by atoms with Crippen molar-refractivity contribution < 1.29 is 4.39 Å². The average Bonchev–Trinajstić information content (AvgIpc) is 3.09. The molecule has 0 fully saturated rings. The fourth-order valence-electron chi connectivity index (χ4n) is 2.47. The van der Waals surface area contributed by atoms with Crippen LogP contribution in [0.3, 0.4) is 0 Å². The van der Waals surface area contributed by atoms with Crippen molar-refractivity contribution in [3.63, 3.8) is 0 Å². The van der Waals surface area contributed by atoms with Crippen molar-refractivity contribution in [3.05, 3.63) is 82.4 Å². The Labute approximate surface area is 146 Å². The van der Waals surface area contributed by atoms with Crippen LogP contribution in [0.15, 0.2) is 59.7 Å². The molecule has 0 bridgehead atoms. The van der Waals surface area contributed by atoms with Crippen LogP contribution in [0.4, 0.5) is 4.39 Å². The van der Waals surface area contributed by atoms with Gasteiger partial charge in [-0.25, -0.2) is 19.2 Å². The zero-order valence-corrected chi connectivity index (χ0v) is 13.4. The second-order valence-corrected chi connectivity index (χ2v) is 5.44. The molecule has 0 radical (unpaired) electrons. The summed E-state index contributed by atoms with van der Waals surface area (Å²) in [5, 5.41) is 18.4. The molecular weight excluding hydrogens is 337 g/mol. The molecule has 128 valence electrons. The number of aromatic amines is 1. The number of benzene rings is 1. The zero-order valence-electron chi connectivity index (χ0n) is 13.4. The lowest BCUT2D eigenvalue weighted by Crippen LogP contribution is -2.08. The summed E-state index contributed by atoms with van der Waals surface area (Å²) in [4.78, 5) is 15.7. The van der Waals surface area contributed by atoms with Gasteiger partial charge in [-0.3, -0.25) is 4.79 Å². The smallest absolute Gasteiger partial charge is 0.264 e. The molecule has 0 amide bonds. The van der Waals surface area contributed by atoms with Crippen LogP contribution in [0.2, 0.25) is 0 Å². The molecule has 1 aromatic carbocycles. The van der Waals surface area contributed by atoms with E-state index in [1.807, 2.05) is 0 Å². The van der Waals surface area contributed by atoms with Gasteiger partial charge in [-0.1, -0.05) is 18.2 Å². The molecule has 4 rings (SSSR count). The second-order valence-electron chi connectivity index (χ2n) is 5.44. The predicted molar refractivity (Wildman–Crippen MR) is 90.0 cm³/mol. The summed E-state index contributed by atoms with van der Waals surface area (Å²) in [6.07, 6.45) is 3.27. The van der Waals surface area contributed by atoms with Crippen LogP contribution in [-0.4, -0.2) is 35.2 Å². The van der Waals surface area contributed by atoms with E-state index in [0.717, 1.165) is 0 Å². The average molecular weight is 349 g/mol. The molecule has 0 aliphatic carbocycles. The standard InChI is InChI=1S/C17H12FN7O/c18-13-4-2-1-3-11(13)9-15-21-17(14-5-6-16(26)23-22-14)25(24-15)12-7-8-19-20-10-12/h1-8,10H,9H2,(H,23,26). The highest BCUT2D eigenvalue weighted by Crippen LogP contribution is 2.19. The number of nitrogens with zero attached hydrogens (tertiary/aromatic N) is 6. The Balaban J connectivity index is 1.81. The first-order valence-electron chi connectivity index (χ1n) is 7.73. The number of hydrogen-bond acceptors (Lipinski definition) is 6. The number of rotatable bonds is 4. The van der Waals surface area contributed by atoms with Crippen molar-refractivity contribution in [1.82, 2.24) is 35.2 Å². The summed E-state index contributed by atoms with van der Waals surface area (Å²) in [6, 6.07) is 11.1. The first-order chi connectivity index (χ1) is 12.7. The van der Waals surface area contributed by atoms with Crippen LogP contribution in [0, 0.1) is 5.82 Å². The highest BCUT2D eigenvalue weighted by Gasteiger charge is 2.16. The van der Waals surface area contributed by atoms with Gasteiger partial charge in [0.15, 0.2) is 11.6 Å². The summed E-state index contributed by atoms with van der Waals surface area (Å²) in [5.74, 6) is 0.494. The third kappa shape index (κ3) is 3.09. The second kappa shape index (κ2) is 6.63. The highest BCUT2D eigenvalue weighted by molar-refractivity contribution is 5.52. The maximum Gasteiger partial charge on any atom is 0.264 e. The number of H-pyrrole nitrogens is 1. The van der Waals surface area contributed by atoms with E-state index < -0.39 is 0 Å². The lowest BCUT2D eigenvalue weighted by Gasteiger charge is -2.03. The van der Waals surface area contributed by atoms with Gasteiger partial charge in [0.2, 0.25) is 0 Å². The van der Waals surface area contributed by atoms with Crippen LogP contribution < -0.4 is 5.56 Å². The quantitative estimate of drug-likeness (QED) is 0.599. The lowest BCUT2D eigenvalue weighted by molar-refractivity contribution is 0.612. The van der Waals surface area contributed by atoms with E-state index in [9.17, 15) is 9.18 Å².